The molecule has 0 spiro atoms. The number of hydrogen-bond donors (Lipinski definition) is 0. The second-order valence-corrected chi connectivity index (χ2v) is 11.2. The highest BCUT2D eigenvalue weighted by atomic mass is 19.4. The van der Waals surface area contributed by atoms with Gasteiger partial charge in [0.1, 0.15) is 11.6 Å². The average Bonchev–Trinajstić information content (AvgIpc) is 2.89. The first-order valence-electron chi connectivity index (χ1n) is 14.0. The van der Waals surface area contributed by atoms with Gasteiger partial charge >= 0.3 is 12.5 Å². The van der Waals surface area contributed by atoms with E-state index in [0.29, 0.717) is 11.5 Å². The smallest absolute Gasteiger partial charge is 0.429 e. The van der Waals surface area contributed by atoms with Crippen molar-refractivity contribution in [2.45, 2.75) is 95.9 Å². The Morgan fingerprint density at radius 1 is 0.725 bits per heavy atom. The second kappa shape index (κ2) is 12.6. The molecule has 40 heavy (non-hydrogen) atoms. The fourth-order valence-corrected chi connectivity index (χ4v) is 6.40. The Bertz CT molecular complexity index is 1110. The third kappa shape index (κ3) is 7.60. The number of rotatable bonds is 9. The van der Waals surface area contributed by atoms with E-state index in [4.69, 9.17) is 0 Å². The largest absolute Gasteiger partial charge is 0.573 e. The molecule has 2 aromatic rings. The van der Waals surface area contributed by atoms with Gasteiger partial charge in [-0.2, -0.15) is 8.78 Å². The number of alkyl halides is 5. The zero-order chi connectivity index (χ0) is 29.1. The molecule has 4 rings (SSSR count). The monoisotopic (exact) mass is 578 g/mol. The fraction of sp³-hybridized carbons (Fsp3) is 0.600. The van der Waals surface area contributed by atoms with Gasteiger partial charge in [-0.05, 0) is 79.9 Å². The molecule has 2 aliphatic carbocycles. The van der Waals surface area contributed by atoms with Crippen LogP contribution in [0.3, 0.4) is 0 Å². The summed E-state index contributed by atoms with van der Waals surface area (Å²) in [7, 11) is 0. The van der Waals surface area contributed by atoms with Crippen LogP contribution < -0.4 is 9.47 Å². The lowest BCUT2D eigenvalue weighted by Crippen LogP contribution is -2.26. The highest BCUT2D eigenvalue weighted by Crippen LogP contribution is 2.45. The van der Waals surface area contributed by atoms with Gasteiger partial charge in [0, 0.05) is 12.1 Å². The number of halogens is 8. The maximum Gasteiger partial charge on any atom is 0.573 e. The summed E-state index contributed by atoms with van der Waals surface area (Å²) in [6.07, 6.45) is 2.91. The lowest BCUT2D eigenvalue weighted by Gasteiger charge is -2.38. The summed E-state index contributed by atoms with van der Waals surface area (Å²) in [5.74, 6) is -5.75. The van der Waals surface area contributed by atoms with Crippen LogP contribution in [0.25, 0.3) is 0 Å². The van der Waals surface area contributed by atoms with E-state index in [9.17, 15) is 35.1 Å². The maximum absolute atomic E-state index is 14.9. The summed E-state index contributed by atoms with van der Waals surface area (Å²) in [6, 6.07) is 3.54. The molecule has 0 amide bonds. The van der Waals surface area contributed by atoms with Gasteiger partial charge in [-0.25, -0.2) is 13.2 Å². The van der Waals surface area contributed by atoms with E-state index in [1.807, 2.05) is 0 Å². The minimum Gasteiger partial charge on any atom is -0.429 e. The molecule has 2 aliphatic rings. The molecule has 0 heterocycles. The number of hydrogen-bond acceptors (Lipinski definition) is 2. The Labute approximate surface area is 229 Å². The van der Waals surface area contributed by atoms with Crippen LogP contribution >= 0.6 is 0 Å². The van der Waals surface area contributed by atoms with E-state index in [2.05, 4.69) is 16.4 Å². The van der Waals surface area contributed by atoms with Gasteiger partial charge in [0.05, 0.1) is 5.56 Å². The van der Waals surface area contributed by atoms with Crippen LogP contribution in [0.15, 0.2) is 30.3 Å². The summed E-state index contributed by atoms with van der Waals surface area (Å²) in [4.78, 5) is 0. The van der Waals surface area contributed by atoms with Gasteiger partial charge in [-0.1, -0.05) is 45.1 Å². The Hall–Kier alpha value is -2.52. The summed E-state index contributed by atoms with van der Waals surface area (Å²) in [5.41, 5.74) is -0.550. The van der Waals surface area contributed by atoms with E-state index in [1.54, 1.807) is 0 Å². The molecule has 0 aliphatic heterocycles. The summed E-state index contributed by atoms with van der Waals surface area (Å²) in [5, 5.41) is 0. The standard InChI is InChI=1S/C30H34F8O2/c1-2-3-4-18-5-7-19(8-6-18)20-9-11-21(12-10-20)22-13-14-24(25(31)15-22)29(34,35)39-23-16-26(32)28(27(33)17-23)40-30(36,37)38/h13-21H,2-12H2,1H3/t18-,19-,20?,21?. The molecule has 0 atom stereocenters. The van der Waals surface area contributed by atoms with Crippen LogP contribution in [-0.4, -0.2) is 6.36 Å². The minimum absolute atomic E-state index is 0.0413. The van der Waals surface area contributed by atoms with Crippen molar-refractivity contribution in [2.75, 3.05) is 0 Å². The molecule has 0 radical (unpaired) electrons. The second-order valence-electron chi connectivity index (χ2n) is 11.2. The van der Waals surface area contributed by atoms with E-state index in [1.165, 1.54) is 51.0 Å². The molecule has 0 unspecified atom stereocenters. The summed E-state index contributed by atoms with van der Waals surface area (Å²) >= 11 is 0. The van der Waals surface area contributed by atoms with Crippen LogP contribution in [0.5, 0.6) is 11.5 Å². The van der Waals surface area contributed by atoms with Gasteiger partial charge in [-0.3, -0.25) is 0 Å². The number of unbranched alkanes of at least 4 members (excludes halogenated alkanes) is 1. The van der Waals surface area contributed by atoms with Crippen LogP contribution in [-0.2, 0) is 6.11 Å². The molecule has 0 aromatic heterocycles. The third-order valence-electron chi connectivity index (χ3n) is 8.51. The summed E-state index contributed by atoms with van der Waals surface area (Å²) < 4.78 is 117. The van der Waals surface area contributed by atoms with Crippen LogP contribution in [0.1, 0.15) is 94.6 Å². The van der Waals surface area contributed by atoms with Crippen LogP contribution in [0, 0.1) is 35.2 Å². The predicted octanol–water partition coefficient (Wildman–Crippen LogP) is 10.4. The molecular formula is C30H34F8O2. The summed E-state index contributed by atoms with van der Waals surface area (Å²) in [6.45, 7) is 2.22. The fourth-order valence-electron chi connectivity index (χ4n) is 6.40. The van der Waals surface area contributed by atoms with E-state index in [-0.39, 0.29) is 18.1 Å². The quantitative estimate of drug-likeness (QED) is 0.276. The normalized spacial score (nSPS) is 24.1. The first kappa shape index (κ1) is 30.4. The number of ether oxygens (including phenoxy) is 2. The Morgan fingerprint density at radius 2 is 1.30 bits per heavy atom. The van der Waals surface area contributed by atoms with E-state index < -0.39 is 47.0 Å². The molecule has 2 saturated carbocycles. The Balaban J connectivity index is 1.36. The molecule has 0 saturated heterocycles. The van der Waals surface area contributed by atoms with Gasteiger partial charge in [-0.15, -0.1) is 13.2 Å². The molecule has 2 aromatic carbocycles. The predicted molar refractivity (Wildman–Crippen MR) is 134 cm³/mol. The van der Waals surface area contributed by atoms with Crippen molar-refractivity contribution in [3.63, 3.8) is 0 Å². The SMILES string of the molecule is CCCC[C@H]1CC[C@H](C2CCC(c3ccc(C(F)(F)Oc4cc(F)c(OC(F)(F)F)c(F)c4)c(F)c3)CC2)CC1. The van der Waals surface area contributed by atoms with Crippen molar-refractivity contribution in [2.24, 2.45) is 17.8 Å². The topological polar surface area (TPSA) is 18.5 Å². The van der Waals surface area contributed by atoms with E-state index >= 15 is 0 Å². The highest BCUT2D eigenvalue weighted by molar-refractivity contribution is 5.36. The third-order valence-corrected chi connectivity index (χ3v) is 8.51. The molecular weight excluding hydrogens is 544 g/mol. The maximum atomic E-state index is 14.9. The van der Waals surface area contributed by atoms with Gasteiger partial charge in [0.25, 0.3) is 0 Å². The van der Waals surface area contributed by atoms with Crippen molar-refractivity contribution in [1.82, 2.24) is 0 Å². The number of benzene rings is 2. The molecule has 2 nitrogen and oxygen atoms in total. The van der Waals surface area contributed by atoms with Crippen LogP contribution in [0.2, 0.25) is 0 Å². The van der Waals surface area contributed by atoms with Crippen LogP contribution in [0.4, 0.5) is 35.1 Å². The minimum atomic E-state index is -5.40. The van der Waals surface area contributed by atoms with E-state index in [0.717, 1.165) is 49.7 Å². The molecule has 2 fully saturated rings. The molecule has 0 N–H and O–H groups in total. The first-order valence-corrected chi connectivity index (χ1v) is 14.0. The van der Waals surface area contributed by atoms with Crippen molar-refractivity contribution in [1.29, 1.82) is 0 Å². The Kier molecular flexibility index (Phi) is 9.55. The van der Waals surface area contributed by atoms with Crippen molar-refractivity contribution in [3.8, 4) is 11.5 Å². The highest BCUT2D eigenvalue weighted by Gasteiger charge is 2.40. The van der Waals surface area contributed by atoms with Crippen molar-refractivity contribution in [3.05, 3.63) is 58.9 Å². The zero-order valence-electron chi connectivity index (χ0n) is 22.3. The van der Waals surface area contributed by atoms with Gasteiger partial charge < -0.3 is 9.47 Å². The van der Waals surface area contributed by atoms with Gasteiger partial charge in [0.15, 0.2) is 11.6 Å². The average molecular weight is 579 g/mol. The zero-order valence-corrected chi connectivity index (χ0v) is 22.3. The van der Waals surface area contributed by atoms with Gasteiger partial charge in [0.2, 0.25) is 5.75 Å². The first-order chi connectivity index (χ1) is 18.9. The molecule has 0 bridgehead atoms. The molecule has 10 heteroatoms. The molecule has 222 valence electrons. The van der Waals surface area contributed by atoms with Crippen molar-refractivity contribution >= 4 is 0 Å². The Morgan fingerprint density at radius 3 is 1.82 bits per heavy atom. The lowest BCUT2D eigenvalue weighted by molar-refractivity contribution is -0.276. The van der Waals surface area contributed by atoms with Crippen molar-refractivity contribution < 1.29 is 44.6 Å². The lowest BCUT2D eigenvalue weighted by atomic mass is 9.68.